The molecule has 4 nitrogen and oxygen atoms in total. The van der Waals surface area contributed by atoms with Gasteiger partial charge in [-0.3, -0.25) is 0 Å². The molecule has 50 heavy (non-hydrogen) atoms. The molecule has 0 amide bonds. The fourth-order valence-corrected chi connectivity index (χ4v) is 8.28. The average molecular weight is 679 g/mol. The largest absolute Gasteiger partial charge is 0.311 e. The van der Waals surface area contributed by atoms with E-state index in [-0.39, 0.29) is 0 Å². The van der Waals surface area contributed by atoms with Crippen molar-refractivity contribution < 1.29 is 0 Å². The zero-order chi connectivity index (χ0) is 33.3. The molecule has 9 rings (SSSR count). The quantitative estimate of drug-likeness (QED) is 0.160. The lowest BCUT2D eigenvalue weighted by molar-refractivity contribution is 1.28. The van der Waals surface area contributed by atoms with Gasteiger partial charge in [0.05, 0.1) is 20.4 Å². The summed E-state index contributed by atoms with van der Waals surface area (Å²) in [5, 5.41) is 2.01. The minimum absolute atomic E-state index is 1.00. The van der Waals surface area contributed by atoms with Crippen LogP contribution in [0.3, 0.4) is 0 Å². The van der Waals surface area contributed by atoms with Crippen molar-refractivity contribution in [1.82, 2.24) is 9.97 Å². The van der Waals surface area contributed by atoms with Gasteiger partial charge in [0.2, 0.25) is 0 Å². The first-order valence-electron chi connectivity index (χ1n) is 16.5. The van der Waals surface area contributed by atoms with E-state index in [1.165, 1.54) is 0 Å². The van der Waals surface area contributed by atoms with Gasteiger partial charge >= 0.3 is 0 Å². The number of rotatable bonds is 8. The van der Waals surface area contributed by atoms with E-state index in [2.05, 4.69) is 168 Å². The molecule has 0 saturated heterocycles. The molecular formula is C44H30N4S2. The molecule has 0 aliphatic heterocycles. The number of para-hydroxylation sites is 4. The average Bonchev–Trinajstić information content (AvgIpc) is 3.80. The molecule has 0 aliphatic carbocycles. The zero-order valence-corrected chi connectivity index (χ0v) is 28.6. The van der Waals surface area contributed by atoms with E-state index < -0.39 is 0 Å². The first kappa shape index (κ1) is 30.0. The third-order valence-electron chi connectivity index (χ3n) is 8.70. The molecule has 0 aliphatic rings. The number of nitrogens with zero attached hydrogens (tertiary/aromatic N) is 4. The van der Waals surface area contributed by atoms with E-state index >= 15 is 0 Å². The molecule has 6 heteroatoms. The van der Waals surface area contributed by atoms with Gasteiger partial charge in [-0.25, -0.2) is 9.97 Å². The van der Waals surface area contributed by atoms with E-state index in [0.29, 0.717) is 0 Å². The molecule has 0 unspecified atom stereocenters. The third kappa shape index (κ3) is 5.81. The van der Waals surface area contributed by atoms with Crippen LogP contribution in [0, 0.1) is 0 Å². The predicted molar refractivity (Wildman–Crippen MR) is 213 cm³/mol. The van der Waals surface area contributed by atoms with Crippen molar-refractivity contribution in [3.63, 3.8) is 0 Å². The Hall–Kier alpha value is -6.08. The van der Waals surface area contributed by atoms with Crippen LogP contribution < -0.4 is 9.80 Å². The molecule has 2 aromatic heterocycles. The van der Waals surface area contributed by atoms with E-state index in [0.717, 1.165) is 75.7 Å². The lowest BCUT2D eigenvalue weighted by Gasteiger charge is -2.25. The highest BCUT2D eigenvalue weighted by Gasteiger charge is 2.16. The Balaban J connectivity index is 0.991. The predicted octanol–water partition coefficient (Wildman–Crippen LogP) is 13.2. The van der Waals surface area contributed by atoms with Crippen LogP contribution in [0.4, 0.5) is 34.1 Å². The van der Waals surface area contributed by atoms with E-state index in [4.69, 9.17) is 9.97 Å². The van der Waals surface area contributed by atoms with Crippen molar-refractivity contribution >= 4 is 77.2 Å². The Morgan fingerprint density at radius 3 is 0.900 bits per heavy atom. The van der Waals surface area contributed by atoms with E-state index in [1.54, 1.807) is 22.7 Å². The minimum atomic E-state index is 1.00. The zero-order valence-electron chi connectivity index (χ0n) is 26.9. The van der Waals surface area contributed by atoms with Crippen LogP contribution in [-0.4, -0.2) is 9.97 Å². The number of hydrogen-bond donors (Lipinski definition) is 0. The van der Waals surface area contributed by atoms with Crippen LogP contribution in [0.1, 0.15) is 0 Å². The molecule has 0 N–H and O–H groups in total. The number of thiazole rings is 2. The van der Waals surface area contributed by atoms with Gasteiger partial charge in [-0.2, -0.15) is 0 Å². The first-order chi connectivity index (χ1) is 24.8. The second-order valence-corrected chi connectivity index (χ2v) is 14.0. The van der Waals surface area contributed by atoms with Gasteiger partial charge in [-0.05, 0) is 109 Å². The van der Waals surface area contributed by atoms with Gasteiger partial charge in [0.25, 0.3) is 0 Å². The molecule has 2 heterocycles. The highest BCUT2D eigenvalue weighted by atomic mass is 32.1. The molecule has 0 fully saturated rings. The second-order valence-electron chi connectivity index (χ2n) is 11.9. The SMILES string of the molecule is c1ccc(N(c2ccccc2)c2ccc(-c3nc4cc5sc(-c6ccc(N(c7ccccc7)c7ccccc7)cc6)nc5cc4s3)cc2)cc1. The molecular weight excluding hydrogens is 649 g/mol. The first-order valence-corrected chi connectivity index (χ1v) is 18.1. The maximum atomic E-state index is 5.07. The van der Waals surface area contributed by atoms with Crippen molar-refractivity contribution in [1.29, 1.82) is 0 Å². The molecule has 238 valence electrons. The fraction of sp³-hybridized carbons (Fsp3) is 0. The van der Waals surface area contributed by atoms with Crippen LogP contribution in [0.2, 0.25) is 0 Å². The van der Waals surface area contributed by atoms with E-state index in [1.807, 2.05) is 24.3 Å². The minimum Gasteiger partial charge on any atom is -0.311 e. The van der Waals surface area contributed by atoms with Crippen molar-refractivity contribution in [3.05, 3.63) is 182 Å². The molecule has 0 radical (unpaired) electrons. The topological polar surface area (TPSA) is 32.3 Å². The summed E-state index contributed by atoms with van der Waals surface area (Å²) >= 11 is 3.43. The van der Waals surface area contributed by atoms with Crippen molar-refractivity contribution in [2.45, 2.75) is 0 Å². The second kappa shape index (κ2) is 13.1. The summed E-state index contributed by atoms with van der Waals surface area (Å²) in [5.74, 6) is 0. The van der Waals surface area contributed by atoms with Gasteiger partial charge in [0.15, 0.2) is 0 Å². The Bertz CT molecular complexity index is 2210. The monoisotopic (exact) mass is 678 g/mol. The van der Waals surface area contributed by atoms with Crippen molar-refractivity contribution in [2.24, 2.45) is 0 Å². The Morgan fingerprint density at radius 1 is 0.320 bits per heavy atom. The summed E-state index contributed by atoms with van der Waals surface area (Å²) in [6.45, 7) is 0. The maximum Gasteiger partial charge on any atom is 0.124 e. The number of benzene rings is 7. The summed E-state index contributed by atoms with van der Waals surface area (Å²) in [7, 11) is 0. The van der Waals surface area contributed by atoms with Gasteiger partial charge in [-0.15, -0.1) is 22.7 Å². The number of anilines is 6. The van der Waals surface area contributed by atoms with E-state index in [9.17, 15) is 0 Å². The molecule has 0 saturated carbocycles. The standard InChI is InChI=1S/C44H30N4S2/c1-5-13-33(14-6-1)47(34-15-7-2-8-16-34)37-25-21-31(22-26-37)43-45-39-29-42-40(30-41(39)49-43)46-44(50-42)32-23-27-38(28-24-32)48(35-17-9-3-10-18-35)36-19-11-4-12-20-36/h1-30H. The van der Waals surface area contributed by atoms with Crippen LogP contribution in [0.5, 0.6) is 0 Å². The molecule has 0 bridgehead atoms. The summed E-state index contributed by atoms with van der Waals surface area (Å²) in [5.41, 5.74) is 10.9. The normalized spacial score (nSPS) is 11.2. The fourth-order valence-electron chi connectivity index (χ4n) is 6.31. The van der Waals surface area contributed by atoms with Crippen LogP contribution in [0.15, 0.2) is 182 Å². The number of hydrogen-bond acceptors (Lipinski definition) is 6. The number of fused-ring (bicyclic) bond motifs is 2. The van der Waals surface area contributed by atoms with Gasteiger partial charge < -0.3 is 9.80 Å². The lowest BCUT2D eigenvalue weighted by Crippen LogP contribution is -2.09. The van der Waals surface area contributed by atoms with Crippen molar-refractivity contribution in [2.75, 3.05) is 9.80 Å². The summed E-state index contributed by atoms with van der Waals surface area (Å²) in [6, 6.07) is 63.7. The van der Waals surface area contributed by atoms with Crippen LogP contribution >= 0.6 is 22.7 Å². The third-order valence-corrected chi connectivity index (χ3v) is 10.8. The molecule has 9 aromatic rings. The Kier molecular flexibility index (Phi) is 7.85. The van der Waals surface area contributed by atoms with Crippen LogP contribution in [-0.2, 0) is 0 Å². The molecule has 0 atom stereocenters. The summed E-state index contributed by atoms with van der Waals surface area (Å²) in [6.07, 6.45) is 0. The maximum absolute atomic E-state index is 5.07. The number of aromatic nitrogens is 2. The lowest BCUT2D eigenvalue weighted by atomic mass is 10.1. The molecule has 7 aromatic carbocycles. The molecule has 0 spiro atoms. The Labute approximate surface area is 298 Å². The van der Waals surface area contributed by atoms with Gasteiger partial charge in [0, 0.05) is 45.3 Å². The Morgan fingerprint density at radius 2 is 0.600 bits per heavy atom. The highest BCUT2D eigenvalue weighted by molar-refractivity contribution is 7.23. The van der Waals surface area contributed by atoms with Crippen LogP contribution in [0.25, 0.3) is 41.6 Å². The van der Waals surface area contributed by atoms with Crippen molar-refractivity contribution in [3.8, 4) is 21.1 Å². The smallest absolute Gasteiger partial charge is 0.124 e. The van der Waals surface area contributed by atoms with Gasteiger partial charge in [-0.1, -0.05) is 72.8 Å². The summed E-state index contributed by atoms with van der Waals surface area (Å²) < 4.78 is 2.28. The highest BCUT2D eigenvalue weighted by Crippen LogP contribution is 2.40. The van der Waals surface area contributed by atoms with Gasteiger partial charge in [0.1, 0.15) is 10.0 Å². The summed E-state index contributed by atoms with van der Waals surface area (Å²) in [4.78, 5) is 14.7.